The Kier molecular flexibility index (Phi) is 6.34. The van der Waals surface area contributed by atoms with Crippen LogP contribution in [0.4, 0.5) is 5.69 Å². The summed E-state index contributed by atoms with van der Waals surface area (Å²) in [4.78, 5) is 20.6. The molecule has 1 aliphatic heterocycles. The first-order valence-electron chi connectivity index (χ1n) is 9.78. The maximum absolute atomic E-state index is 11.8. The molecule has 1 saturated heterocycles. The number of carbonyl (C=O) groups excluding carboxylic acids is 1. The number of allylic oxidation sites excluding steroid dienone is 6. The van der Waals surface area contributed by atoms with Gasteiger partial charge in [-0.3, -0.25) is 4.98 Å². The van der Waals surface area contributed by atoms with Crippen molar-refractivity contribution in [1.29, 1.82) is 0 Å². The zero-order valence-electron chi connectivity index (χ0n) is 17.0. The van der Waals surface area contributed by atoms with Crippen LogP contribution in [0.1, 0.15) is 27.2 Å². The predicted molar refractivity (Wildman–Crippen MR) is 113 cm³/mol. The fourth-order valence-corrected chi connectivity index (χ4v) is 3.19. The van der Waals surface area contributed by atoms with Crippen molar-refractivity contribution in [2.45, 2.75) is 32.8 Å². The number of hydrogen-bond donors (Lipinski definition) is 0. The van der Waals surface area contributed by atoms with Crippen molar-refractivity contribution in [3.05, 3.63) is 72.3 Å². The Morgan fingerprint density at radius 1 is 1.11 bits per heavy atom. The SMILES string of the molecule is CC(C)(C)OC(=O)C=CC1=CCC(=CN2CCN(c3ccncc3)CC2)C=C1. The Labute approximate surface area is 167 Å². The van der Waals surface area contributed by atoms with E-state index < -0.39 is 5.60 Å². The third-order valence-electron chi connectivity index (χ3n) is 4.57. The number of aromatic nitrogens is 1. The summed E-state index contributed by atoms with van der Waals surface area (Å²) in [5.41, 5.74) is 3.09. The highest BCUT2D eigenvalue weighted by atomic mass is 16.6. The Bertz CT molecular complexity index is 793. The number of piperazine rings is 1. The molecular weight excluding hydrogens is 350 g/mol. The van der Waals surface area contributed by atoms with E-state index in [4.69, 9.17) is 4.74 Å². The molecule has 0 bridgehead atoms. The number of anilines is 1. The lowest BCUT2D eigenvalue weighted by Gasteiger charge is -2.36. The first kappa shape index (κ1) is 19.9. The highest BCUT2D eigenvalue weighted by Gasteiger charge is 2.16. The number of carbonyl (C=O) groups is 1. The van der Waals surface area contributed by atoms with Gasteiger partial charge < -0.3 is 14.5 Å². The monoisotopic (exact) mass is 379 g/mol. The van der Waals surface area contributed by atoms with Crippen LogP contribution in [0.2, 0.25) is 0 Å². The molecule has 1 aromatic rings. The Hall–Kier alpha value is -2.82. The molecule has 1 aromatic heterocycles. The van der Waals surface area contributed by atoms with E-state index in [1.165, 1.54) is 17.3 Å². The van der Waals surface area contributed by atoms with Crippen molar-refractivity contribution in [3.63, 3.8) is 0 Å². The van der Waals surface area contributed by atoms with Crippen LogP contribution in [0.25, 0.3) is 0 Å². The number of rotatable bonds is 4. The molecule has 1 aliphatic carbocycles. The van der Waals surface area contributed by atoms with Crippen LogP contribution in [-0.2, 0) is 9.53 Å². The van der Waals surface area contributed by atoms with Gasteiger partial charge in [-0.1, -0.05) is 18.2 Å². The number of nitrogens with zero attached hydrogens (tertiary/aromatic N) is 3. The first-order chi connectivity index (χ1) is 13.4. The van der Waals surface area contributed by atoms with Gasteiger partial charge in [0.25, 0.3) is 0 Å². The molecule has 0 unspecified atom stereocenters. The number of hydrogen-bond acceptors (Lipinski definition) is 5. The second-order valence-electron chi connectivity index (χ2n) is 8.04. The van der Waals surface area contributed by atoms with Gasteiger partial charge in [-0.2, -0.15) is 0 Å². The van der Waals surface area contributed by atoms with E-state index in [1.807, 2.05) is 45.3 Å². The summed E-state index contributed by atoms with van der Waals surface area (Å²) in [6.07, 6.45) is 16.4. The van der Waals surface area contributed by atoms with Gasteiger partial charge in [-0.25, -0.2) is 4.79 Å². The molecule has 0 aromatic carbocycles. The van der Waals surface area contributed by atoms with Crippen LogP contribution in [0.3, 0.4) is 0 Å². The van der Waals surface area contributed by atoms with Gasteiger partial charge in [0.1, 0.15) is 5.60 Å². The minimum Gasteiger partial charge on any atom is -0.457 e. The molecule has 1 fully saturated rings. The Morgan fingerprint density at radius 3 is 2.43 bits per heavy atom. The second kappa shape index (κ2) is 8.91. The van der Waals surface area contributed by atoms with E-state index in [0.717, 1.165) is 38.2 Å². The smallest absolute Gasteiger partial charge is 0.331 e. The molecule has 28 heavy (non-hydrogen) atoms. The minimum atomic E-state index is -0.463. The summed E-state index contributed by atoms with van der Waals surface area (Å²) in [6, 6.07) is 4.13. The summed E-state index contributed by atoms with van der Waals surface area (Å²) in [5.74, 6) is -0.310. The highest BCUT2D eigenvalue weighted by Crippen LogP contribution is 2.19. The Morgan fingerprint density at radius 2 is 1.82 bits per heavy atom. The lowest BCUT2D eigenvalue weighted by Crippen LogP contribution is -2.44. The quantitative estimate of drug-likeness (QED) is 0.587. The van der Waals surface area contributed by atoms with Gasteiger partial charge >= 0.3 is 5.97 Å². The first-order valence-corrected chi connectivity index (χ1v) is 9.78. The molecule has 2 heterocycles. The number of ether oxygens (including phenoxy) is 1. The van der Waals surface area contributed by atoms with E-state index in [-0.39, 0.29) is 5.97 Å². The molecule has 5 nitrogen and oxygen atoms in total. The average molecular weight is 380 g/mol. The standard InChI is InChI=1S/C23H29N3O2/c1-23(2,3)28-22(27)9-8-19-4-6-20(7-5-19)18-25-14-16-26(17-15-25)21-10-12-24-13-11-21/h4-6,8-13,18H,7,14-17H2,1-3H3. The average Bonchev–Trinajstić information content (AvgIpc) is 2.67. The second-order valence-corrected chi connectivity index (χ2v) is 8.04. The summed E-state index contributed by atoms with van der Waals surface area (Å²) in [6.45, 7) is 9.64. The van der Waals surface area contributed by atoms with Crippen LogP contribution in [0.15, 0.2) is 72.3 Å². The third-order valence-corrected chi connectivity index (χ3v) is 4.57. The van der Waals surface area contributed by atoms with E-state index in [2.05, 4.69) is 45.3 Å². The van der Waals surface area contributed by atoms with Crippen LogP contribution >= 0.6 is 0 Å². The van der Waals surface area contributed by atoms with Crippen molar-refractivity contribution >= 4 is 11.7 Å². The van der Waals surface area contributed by atoms with Crippen LogP contribution in [-0.4, -0.2) is 47.6 Å². The van der Waals surface area contributed by atoms with Crippen LogP contribution in [0.5, 0.6) is 0 Å². The summed E-state index contributed by atoms with van der Waals surface area (Å²) in [5, 5.41) is 0. The van der Waals surface area contributed by atoms with Crippen LogP contribution < -0.4 is 4.90 Å². The summed E-state index contributed by atoms with van der Waals surface area (Å²) < 4.78 is 5.29. The third kappa shape index (κ3) is 6.12. The van der Waals surface area contributed by atoms with Gasteiger partial charge in [0.05, 0.1) is 0 Å². The fraction of sp³-hybridized carbons (Fsp3) is 0.391. The lowest BCUT2D eigenvalue weighted by molar-refractivity contribution is -0.148. The van der Waals surface area contributed by atoms with Crippen molar-refractivity contribution in [2.75, 3.05) is 31.1 Å². The molecule has 3 rings (SSSR count). The maximum Gasteiger partial charge on any atom is 0.331 e. The Balaban J connectivity index is 1.48. The summed E-state index contributed by atoms with van der Waals surface area (Å²) >= 11 is 0. The summed E-state index contributed by atoms with van der Waals surface area (Å²) in [7, 11) is 0. The van der Waals surface area contributed by atoms with E-state index in [0.29, 0.717) is 0 Å². The van der Waals surface area contributed by atoms with E-state index in [9.17, 15) is 4.79 Å². The van der Waals surface area contributed by atoms with Crippen molar-refractivity contribution < 1.29 is 9.53 Å². The topological polar surface area (TPSA) is 45.7 Å². The number of esters is 1. The predicted octanol–water partition coefficient (Wildman–Crippen LogP) is 3.87. The molecule has 2 aliphatic rings. The largest absolute Gasteiger partial charge is 0.457 e. The fourth-order valence-electron chi connectivity index (χ4n) is 3.19. The zero-order chi connectivity index (χ0) is 20.0. The zero-order valence-corrected chi connectivity index (χ0v) is 17.0. The van der Waals surface area contributed by atoms with Gasteiger partial charge in [0.15, 0.2) is 0 Å². The lowest BCUT2D eigenvalue weighted by atomic mass is 10.0. The van der Waals surface area contributed by atoms with Gasteiger partial charge in [-0.05, 0) is 56.5 Å². The maximum atomic E-state index is 11.8. The molecule has 148 valence electrons. The molecule has 5 heteroatoms. The molecule has 0 amide bonds. The molecule has 0 radical (unpaired) electrons. The molecule has 0 atom stereocenters. The van der Waals surface area contributed by atoms with Gasteiger partial charge in [0.2, 0.25) is 0 Å². The number of pyridine rings is 1. The normalized spacial score (nSPS) is 19.2. The molecule has 0 N–H and O–H groups in total. The van der Waals surface area contributed by atoms with Gasteiger partial charge in [0, 0.05) is 56.5 Å². The van der Waals surface area contributed by atoms with E-state index in [1.54, 1.807) is 0 Å². The van der Waals surface area contributed by atoms with Crippen molar-refractivity contribution in [1.82, 2.24) is 9.88 Å². The highest BCUT2D eigenvalue weighted by molar-refractivity contribution is 5.83. The molecular formula is C23H29N3O2. The van der Waals surface area contributed by atoms with Gasteiger partial charge in [-0.15, -0.1) is 0 Å². The van der Waals surface area contributed by atoms with E-state index >= 15 is 0 Å². The van der Waals surface area contributed by atoms with Crippen molar-refractivity contribution in [2.24, 2.45) is 0 Å². The van der Waals surface area contributed by atoms with Crippen LogP contribution in [0, 0.1) is 0 Å². The molecule has 0 spiro atoms. The molecule has 0 saturated carbocycles. The minimum absolute atomic E-state index is 0.310. The van der Waals surface area contributed by atoms with Crippen molar-refractivity contribution in [3.8, 4) is 0 Å².